The van der Waals surface area contributed by atoms with Crippen LogP contribution in [0.2, 0.25) is 0 Å². The Kier molecular flexibility index (Phi) is 3.99. The quantitative estimate of drug-likeness (QED) is 0.658. The van der Waals surface area contributed by atoms with Crippen LogP contribution in [0.4, 0.5) is 11.4 Å². The smallest absolute Gasteiger partial charge is 0.265 e. The lowest BCUT2D eigenvalue weighted by molar-refractivity contribution is -0.122. The number of furan rings is 1. The van der Waals surface area contributed by atoms with Crippen LogP contribution in [-0.2, 0) is 14.4 Å². The van der Waals surface area contributed by atoms with Crippen molar-refractivity contribution < 1.29 is 18.8 Å². The van der Waals surface area contributed by atoms with Crippen molar-refractivity contribution in [1.82, 2.24) is 0 Å². The van der Waals surface area contributed by atoms with Gasteiger partial charge in [-0.2, -0.15) is 0 Å². The van der Waals surface area contributed by atoms with Crippen LogP contribution in [0.15, 0.2) is 65.1 Å². The standard InChI is InChI=1S/C24H16N2O4/c1-14(27)26-22-9-5-3-7-18(22)20(24(26)29)13-16-11-10-15(30-16)12-19-17-6-2-4-8-21(17)25-23(19)28/h2-13H,1H3,(H,25,28)/b19-12+,20-13+. The molecule has 0 saturated carbocycles. The molecule has 0 aliphatic carbocycles. The first kappa shape index (κ1) is 17.9. The molecular weight excluding hydrogens is 380 g/mol. The molecule has 1 N–H and O–H groups in total. The number of fused-ring (bicyclic) bond motifs is 2. The normalized spacial score (nSPS) is 17.4. The number of carbonyl (C=O) groups excluding carboxylic acids is 3. The minimum absolute atomic E-state index is 0.190. The van der Waals surface area contributed by atoms with E-state index < -0.39 is 0 Å². The Morgan fingerprint density at radius 1 is 0.867 bits per heavy atom. The number of hydrogen-bond acceptors (Lipinski definition) is 4. The van der Waals surface area contributed by atoms with Gasteiger partial charge in [0.15, 0.2) is 0 Å². The zero-order valence-corrected chi connectivity index (χ0v) is 16.0. The van der Waals surface area contributed by atoms with E-state index in [0.29, 0.717) is 33.9 Å². The average molecular weight is 396 g/mol. The molecule has 0 unspecified atom stereocenters. The minimum atomic E-state index is -0.385. The van der Waals surface area contributed by atoms with Crippen molar-refractivity contribution in [2.75, 3.05) is 10.2 Å². The second-order valence-electron chi connectivity index (χ2n) is 7.03. The summed E-state index contributed by atoms with van der Waals surface area (Å²) in [5.41, 5.74) is 3.73. The zero-order valence-electron chi connectivity index (χ0n) is 16.0. The molecule has 3 heterocycles. The number of amides is 3. The van der Waals surface area contributed by atoms with Crippen LogP contribution in [0.1, 0.15) is 29.6 Å². The summed E-state index contributed by atoms with van der Waals surface area (Å²) >= 11 is 0. The van der Waals surface area contributed by atoms with Crippen LogP contribution in [-0.4, -0.2) is 17.7 Å². The Morgan fingerprint density at radius 3 is 2.23 bits per heavy atom. The highest BCUT2D eigenvalue weighted by Gasteiger charge is 2.34. The van der Waals surface area contributed by atoms with E-state index in [9.17, 15) is 14.4 Å². The number of imide groups is 1. The van der Waals surface area contributed by atoms with Gasteiger partial charge < -0.3 is 9.73 Å². The van der Waals surface area contributed by atoms with Crippen LogP contribution in [0.5, 0.6) is 0 Å². The second-order valence-corrected chi connectivity index (χ2v) is 7.03. The van der Waals surface area contributed by atoms with E-state index in [1.807, 2.05) is 30.3 Å². The lowest BCUT2D eigenvalue weighted by Crippen LogP contribution is -2.30. The molecule has 2 aliphatic heterocycles. The summed E-state index contributed by atoms with van der Waals surface area (Å²) in [7, 11) is 0. The number of hydrogen-bond donors (Lipinski definition) is 1. The number of benzene rings is 2. The van der Waals surface area contributed by atoms with Gasteiger partial charge in [0.05, 0.1) is 16.8 Å². The first-order valence-electron chi connectivity index (χ1n) is 9.41. The largest absolute Gasteiger partial charge is 0.457 e. The molecular formula is C24H16N2O4. The number of para-hydroxylation sites is 2. The van der Waals surface area contributed by atoms with E-state index in [2.05, 4.69) is 5.32 Å². The summed E-state index contributed by atoms with van der Waals surface area (Å²) in [6, 6.07) is 18.0. The van der Waals surface area contributed by atoms with E-state index in [-0.39, 0.29) is 17.7 Å². The van der Waals surface area contributed by atoms with Crippen LogP contribution in [0.25, 0.3) is 23.3 Å². The molecule has 3 amide bonds. The second kappa shape index (κ2) is 6.70. The van der Waals surface area contributed by atoms with Gasteiger partial charge in [0.1, 0.15) is 11.5 Å². The molecule has 0 saturated heterocycles. The van der Waals surface area contributed by atoms with E-state index in [1.165, 1.54) is 6.92 Å². The Bertz CT molecular complexity index is 1300. The molecule has 3 aromatic rings. The van der Waals surface area contributed by atoms with Crippen molar-refractivity contribution in [3.05, 3.63) is 83.3 Å². The Hall–Kier alpha value is -4.19. The molecule has 6 nitrogen and oxygen atoms in total. The highest BCUT2D eigenvalue weighted by molar-refractivity contribution is 6.41. The number of anilines is 2. The minimum Gasteiger partial charge on any atom is -0.457 e. The van der Waals surface area contributed by atoms with E-state index in [0.717, 1.165) is 16.2 Å². The zero-order chi connectivity index (χ0) is 20.8. The van der Waals surface area contributed by atoms with Gasteiger partial charge in [-0.25, -0.2) is 4.90 Å². The predicted molar refractivity (Wildman–Crippen MR) is 114 cm³/mol. The number of carbonyl (C=O) groups is 3. The molecule has 0 radical (unpaired) electrons. The lowest BCUT2D eigenvalue weighted by Gasteiger charge is -2.11. The maximum Gasteiger partial charge on any atom is 0.265 e. The molecule has 6 heteroatoms. The van der Waals surface area contributed by atoms with E-state index in [4.69, 9.17) is 4.42 Å². The fourth-order valence-corrected chi connectivity index (χ4v) is 3.78. The average Bonchev–Trinajstić information content (AvgIpc) is 3.38. The van der Waals surface area contributed by atoms with Crippen LogP contribution >= 0.6 is 0 Å². The van der Waals surface area contributed by atoms with Crippen LogP contribution < -0.4 is 10.2 Å². The highest BCUT2D eigenvalue weighted by atomic mass is 16.3. The molecule has 0 spiro atoms. The summed E-state index contributed by atoms with van der Waals surface area (Å²) in [6.07, 6.45) is 3.30. The first-order valence-corrected chi connectivity index (χ1v) is 9.41. The van der Waals surface area contributed by atoms with Crippen molar-refractivity contribution in [2.24, 2.45) is 0 Å². The number of rotatable bonds is 2. The molecule has 0 atom stereocenters. The fourth-order valence-electron chi connectivity index (χ4n) is 3.78. The van der Waals surface area contributed by atoms with Crippen LogP contribution in [0.3, 0.4) is 0 Å². The maximum atomic E-state index is 12.8. The predicted octanol–water partition coefficient (Wildman–Crippen LogP) is 4.21. The molecule has 5 rings (SSSR count). The highest BCUT2D eigenvalue weighted by Crippen LogP contribution is 2.38. The SMILES string of the molecule is CC(=O)N1C(=O)/C(=C/c2ccc(/C=C3/C(=O)Nc4ccccc43)o2)c2ccccc21. The van der Waals surface area contributed by atoms with Crippen LogP contribution in [0, 0.1) is 0 Å². The summed E-state index contributed by atoms with van der Waals surface area (Å²) < 4.78 is 5.84. The first-order chi connectivity index (χ1) is 14.5. The van der Waals surface area contributed by atoms with Crippen molar-refractivity contribution in [1.29, 1.82) is 0 Å². The third kappa shape index (κ3) is 2.78. The van der Waals surface area contributed by atoms with Crippen molar-refractivity contribution in [3.63, 3.8) is 0 Å². The summed E-state index contributed by atoms with van der Waals surface area (Å²) in [6.45, 7) is 1.36. The Morgan fingerprint density at radius 2 is 1.50 bits per heavy atom. The van der Waals surface area contributed by atoms with E-state index in [1.54, 1.807) is 42.5 Å². The van der Waals surface area contributed by atoms with Gasteiger partial charge in [0, 0.05) is 23.7 Å². The molecule has 0 bridgehead atoms. The number of nitrogens with one attached hydrogen (secondary N) is 1. The van der Waals surface area contributed by atoms with Gasteiger partial charge in [-0.3, -0.25) is 14.4 Å². The van der Waals surface area contributed by atoms with Gasteiger partial charge >= 0.3 is 0 Å². The molecule has 146 valence electrons. The van der Waals surface area contributed by atoms with Gasteiger partial charge in [-0.1, -0.05) is 36.4 Å². The molecule has 2 aromatic carbocycles. The van der Waals surface area contributed by atoms with Crippen molar-refractivity contribution in [2.45, 2.75) is 6.92 Å². The van der Waals surface area contributed by atoms with Gasteiger partial charge in [0.25, 0.3) is 11.8 Å². The van der Waals surface area contributed by atoms with E-state index >= 15 is 0 Å². The van der Waals surface area contributed by atoms with Crippen molar-refractivity contribution >= 4 is 52.4 Å². The molecule has 30 heavy (non-hydrogen) atoms. The van der Waals surface area contributed by atoms with Gasteiger partial charge in [0.2, 0.25) is 5.91 Å². The molecule has 0 fully saturated rings. The summed E-state index contributed by atoms with van der Waals surface area (Å²) in [5.74, 6) is 0.0307. The van der Waals surface area contributed by atoms with Gasteiger partial charge in [-0.15, -0.1) is 0 Å². The van der Waals surface area contributed by atoms with Crippen molar-refractivity contribution in [3.8, 4) is 0 Å². The Balaban J connectivity index is 1.52. The molecule has 2 aliphatic rings. The monoisotopic (exact) mass is 396 g/mol. The Labute approximate surface area is 172 Å². The fraction of sp³-hybridized carbons (Fsp3) is 0.0417. The number of nitrogens with zero attached hydrogens (tertiary/aromatic N) is 1. The van der Waals surface area contributed by atoms with Gasteiger partial charge in [-0.05, 0) is 36.4 Å². The summed E-state index contributed by atoms with van der Waals surface area (Å²) in [4.78, 5) is 38.2. The summed E-state index contributed by atoms with van der Waals surface area (Å²) in [5, 5.41) is 2.82. The lowest BCUT2D eigenvalue weighted by atomic mass is 10.1. The molecule has 1 aromatic heterocycles. The third-order valence-corrected chi connectivity index (χ3v) is 5.11. The topological polar surface area (TPSA) is 79.6 Å². The third-order valence-electron chi connectivity index (χ3n) is 5.11. The maximum absolute atomic E-state index is 12.8.